The van der Waals surface area contributed by atoms with Crippen molar-refractivity contribution in [2.45, 2.75) is 25.2 Å². The van der Waals surface area contributed by atoms with Crippen LogP contribution in [0.1, 0.15) is 29.7 Å². The quantitative estimate of drug-likeness (QED) is 0.299. The van der Waals surface area contributed by atoms with Crippen molar-refractivity contribution in [3.63, 3.8) is 0 Å². The largest absolute Gasteiger partial charge is 0.494 e. The molecule has 4 rings (SSSR count). The van der Waals surface area contributed by atoms with Gasteiger partial charge in [0.2, 0.25) is 16.0 Å². The van der Waals surface area contributed by atoms with Crippen LogP contribution in [0.25, 0.3) is 17.1 Å². The van der Waals surface area contributed by atoms with Crippen LogP contribution in [0, 0.1) is 24.1 Å². The molecule has 13 heteroatoms. The molecule has 0 radical (unpaired) electrons. The van der Waals surface area contributed by atoms with E-state index in [9.17, 15) is 18.1 Å². The van der Waals surface area contributed by atoms with Gasteiger partial charge in [0.05, 0.1) is 25.9 Å². The number of aryl methyl sites for hydroxylation is 1. The fraction of sp³-hybridized carbons (Fsp3) is 0.259. The maximum atomic E-state index is 13.8. The highest BCUT2D eigenvalue weighted by Gasteiger charge is 2.35. The third-order valence-electron chi connectivity index (χ3n) is 6.27. The van der Waals surface area contributed by atoms with Crippen LogP contribution in [0.15, 0.2) is 54.9 Å². The lowest BCUT2D eigenvalue weighted by atomic mass is 10.0. The number of sulfonamides is 1. The van der Waals surface area contributed by atoms with E-state index in [1.165, 1.54) is 38.9 Å². The first kappa shape index (κ1) is 28.5. The van der Waals surface area contributed by atoms with Crippen LogP contribution in [0.4, 0.5) is 10.3 Å². The molecular formula is C27H27FN6O5S. The number of aromatic nitrogens is 4. The number of anilines is 1. The molecule has 0 saturated carbocycles. The SMILES string of the molecule is COc1cccc(OC)c1-n1c(NS(=O)(=O)C(C)C(OC)c2ccc(F)cc2C#N)nnc1-c1cncc(C)c1. The van der Waals surface area contributed by atoms with Crippen LogP contribution in [0.2, 0.25) is 0 Å². The van der Waals surface area contributed by atoms with Gasteiger partial charge in [-0.25, -0.2) is 12.8 Å². The molecule has 0 saturated heterocycles. The average molecular weight is 567 g/mol. The van der Waals surface area contributed by atoms with Gasteiger partial charge in [0, 0.05) is 30.6 Å². The minimum absolute atomic E-state index is 0.0370. The number of pyridine rings is 1. The van der Waals surface area contributed by atoms with Crippen molar-refractivity contribution in [2.24, 2.45) is 0 Å². The minimum Gasteiger partial charge on any atom is -0.494 e. The van der Waals surface area contributed by atoms with Gasteiger partial charge in [0.25, 0.3) is 0 Å². The number of methoxy groups -OCH3 is 3. The molecule has 0 aliphatic heterocycles. The van der Waals surface area contributed by atoms with Crippen LogP contribution in [0.3, 0.4) is 0 Å². The Kier molecular flexibility index (Phi) is 8.32. The smallest absolute Gasteiger partial charge is 0.243 e. The number of para-hydroxylation sites is 1. The Labute approximate surface area is 231 Å². The molecule has 2 aromatic heterocycles. The summed E-state index contributed by atoms with van der Waals surface area (Å²) in [6, 6.07) is 12.3. The van der Waals surface area contributed by atoms with Gasteiger partial charge in [-0.15, -0.1) is 10.2 Å². The number of hydrogen-bond acceptors (Lipinski definition) is 9. The summed E-state index contributed by atoms with van der Waals surface area (Å²) in [5.74, 6) is 0.239. The number of rotatable bonds is 10. The zero-order valence-electron chi connectivity index (χ0n) is 22.4. The Morgan fingerprint density at radius 1 is 1.05 bits per heavy atom. The predicted molar refractivity (Wildman–Crippen MR) is 145 cm³/mol. The van der Waals surface area contributed by atoms with E-state index in [1.807, 2.05) is 19.1 Å². The molecule has 11 nitrogen and oxygen atoms in total. The lowest BCUT2D eigenvalue weighted by Crippen LogP contribution is -2.33. The van der Waals surface area contributed by atoms with Gasteiger partial charge < -0.3 is 14.2 Å². The van der Waals surface area contributed by atoms with E-state index in [0.717, 1.165) is 17.7 Å². The minimum atomic E-state index is -4.25. The Morgan fingerprint density at radius 2 is 1.75 bits per heavy atom. The first-order valence-electron chi connectivity index (χ1n) is 12.0. The van der Waals surface area contributed by atoms with Crippen molar-refractivity contribution >= 4 is 16.0 Å². The molecule has 2 heterocycles. The summed E-state index contributed by atoms with van der Waals surface area (Å²) in [7, 11) is 0.00505. The van der Waals surface area contributed by atoms with Gasteiger partial charge in [-0.2, -0.15) is 5.26 Å². The Hall–Kier alpha value is -4.54. The summed E-state index contributed by atoms with van der Waals surface area (Å²) in [5.41, 5.74) is 1.96. The molecule has 4 aromatic rings. The van der Waals surface area contributed by atoms with E-state index in [-0.39, 0.29) is 22.9 Å². The van der Waals surface area contributed by atoms with Crippen LogP contribution >= 0.6 is 0 Å². The average Bonchev–Trinajstić information content (AvgIpc) is 3.35. The summed E-state index contributed by atoms with van der Waals surface area (Å²) in [5, 5.41) is 16.7. The summed E-state index contributed by atoms with van der Waals surface area (Å²) in [4.78, 5) is 4.23. The monoisotopic (exact) mass is 566 g/mol. The molecular weight excluding hydrogens is 539 g/mol. The fourth-order valence-electron chi connectivity index (χ4n) is 4.31. The van der Waals surface area contributed by atoms with E-state index < -0.39 is 27.2 Å². The molecule has 0 amide bonds. The summed E-state index contributed by atoms with van der Waals surface area (Å²) in [6.07, 6.45) is 2.15. The van der Waals surface area contributed by atoms with Gasteiger partial charge in [-0.3, -0.25) is 14.3 Å². The van der Waals surface area contributed by atoms with Crippen LogP contribution in [-0.2, 0) is 14.8 Å². The van der Waals surface area contributed by atoms with E-state index >= 15 is 0 Å². The van der Waals surface area contributed by atoms with Crippen molar-refractivity contribution < 1.29 is 27.0 Å². The van der Waals surface area contributed by atoms with E-state index in [4.69, 9.17) is 14.2 Å². The van der Waals surface area contributed by atoms with Gasteiger partial charge in [0.15, 0.2) is 5.82 Å². The molecule has 208 valence electrons. The van der Waals surface area contributed by atoms with E-state index in [1.54, 1.807) is 30.6 Å². The molecule has 0 fully saturated rings. The number of hydrogen-bond donors (Lipinski definition) is 1. The van der Waals surface area contributed by atoms with Gasteiger partial charge >= 0.3 is 0 Å². The zero-order chi connectivity index (χ0) is 29.0. The highest BCUT2D eigenvalue weighted by atomic mass is 32.2. The maximum absolute atomic E-state index is 13.8. The second-order valence-corrected chi connectivity index (χ2v) is 10.8. The van der Waals surface area contributed by atoms with Gasteiger partial charge in [0.1, 0.15) is 34.4 Å². The molecule has 0 spiro atoms. The zero-order valence-corrected chi connectivity index (χ0v) is 23.2. The number of nitrogens with one attached hydrogen (secondary N) is 1. The molecule has 1 N–H and O–H groups in total. The Morgan fingerprint density at radius 3 is 2.35 bits per heavy atom. The Balaban J connectivity index is 1.86. The highest BCUT2D eigenvalue weighted by molar-refractivity contribution is 7.93. The lowest BCUT2D eigenvalue weighted by molar-refractivity contribution is 0.102. The van der Waals surface area contributed by atoms with Crippen molar-refractivity contribution in [3.8, 4) is 34.6 Å². The predicted octanol–water partition coefficient (Wildman–Crippen LogP) is 4.18. The number of ether oxygens (including phenoxy) is 3. The number of halogens is 1. The molecule has 2 unspecified atom stereocenters. The molecule has 0 aliphatic carbocycles. The van der Waals surface area contributed by atoms with Gasteiger partial charge in [-0.1, -0.05) is 12.1 Å². The van der Waals surface area contributed by atoms with Crippen molar-refractivity contribution in [1.29, 1.82) is 5.26 Å². The molecule has 40 heavy (non-hydrogen) atoms. The van der Waals surface area contributed by atoms with Crippen LogP contribution < -0.4 is 14.2 Å². The molecule has 0 aliphatic rings. The van der Waals surface area contributed by atoms with Crippen molar-refractivity contribution in [2.75, 3.05) is 26.1 Å². The molecule has 2 aromatic carbocycles. The van der Waals surface area contributed by atoms with E-state index in [0.29, 0.717) is 22.7 Å². The highest BCUT2D eigenvalue weighted by Crippen LogP contribution is 2.38. The maximum Gasteiger partial charge on any atom is 0.243 e. The summed E-state index contributed by atoms with van der Waals surface area (Å²) < 4.78 is 61.9. The number of nitriles is 1. The normalized spacial score (nSPS) is 12.8. The van der Waals surface area contributed by atoms with Gasteiger partial charge in [-0.05, 0) is 49.7 Å². The summed E-state index contributed by atoms with van der Waals surface area (Å²) in [6.45, 7) is 3.28. The molecule has 2 atom stereocenters. The number of benzene rings is 2. The summed E-state index contributed by atoms with van der Waals surface area (Å²) >= 11 is 0. The first-order valence-corrected chi connectivity index (χ1v) is 13.5. The fourth-order valence-corrected chi connectivity index (χ4v) is 5.46. The third-order valence-corrected chi connectivity index (χ3v) is 7.96. The van der Waals surface area contributed by atoms with Crippen LogP contribution in [-0.4, -0.2) is 54.7 Å². The third kappa shape index (κ3) is 5.45. The van der Waals surface area contributed by atoms with Crippen molar-refractivity contribution in [1.82, 2.24) is 19.7 Å². The standard InChI is InChI=1S/C27H27FN6O5S/c1-16-11-19(15-30-14-16)26-31-32-27(34(26)24-22(37-3)7-6-8-23(24)38-4)33-40(35,36)17(2)25(39-5)21-10-9-20(28)12-18(21)13-29/h6-12,14-15,17,25H,1-5H3,(H,32,33). The first-order chi connectivity index (χ1) is 19.1. The van der Waals surface area contributed by atoms with Crippen molar-refractivity contribution in [3.05, 3.63) is 77.4 Å². The molecule has 0 bridgehead atoms. The lowest BCUT2D eigenvalue weighted by Gasteiger charge is -2.24. The second kappa shape index (κ2) is 11.7. The van der Waals surface area contributed by atoms with E-state index in [2.05, 4.69) is 19.9 Å². The van der Waals surface area contributed by atoms with Crippen LogP contribution in [0.5, 0.6) is 11.5 Å². The topological polar surface area (TPSA) is 141 Å². The second-order valence-electron chi connectivity index (χ2n) is 8.80. The number of nitrogens with zero attached hydrogens (tertiary/aromatic N) is 5. The Bertz CT molecular complexity index is 1660.